The first-order valence-corrected chi connectivity index (χ1v) is 7.11. The molecule has 0 spiro atoms. The lowest BCUT2D eigenvalue weighted by Gasteiger charge is -2.06. The van der Waals surface area contributed by atoms with Crippen LogP contribution < -0.4 is 5.32 Å². The molecule has 0 aromatic heterocycles. The fourth-order valence-electron chi connectivity index (χ4n) is 1.63. The summed E-state index contributed by atoms with van der Waals surface area (Å²) in [7, 11) is 0. The van der Waals surface area contributed by atoms with Crippen LogP contribution in [0.15, 0.2) is 53.4 Å². The summed E-state index contributed by atoms with van der Waals surface area (Å²) in [6.07, 6.45) is 0.884. The third-order valence-electron chi connectivity index (χ3n) is 2.57. The van der Waals surface area contributed by atoms with E-state index >= 15 is 0 Å². The topological polar surface area (TPSA) is 12.0 Å². The number of thioether (sulfide) groups is 1. The van der Waals surface area contributed by atoms with E-state index in [-0.39, 0.29) is 5.82 Å². The fourth-order valence-corrected chi connectivity index (χ4v) is 2.54. The van der Waals surface area contributed by atoms with Gasteiger partial charge in [0.15, 0.2) is 0 Å². The van der Waals surface area contributed by atoms with Crippen molar-refractivity contribution in [2.24, 2.45) is 0 Å². The Kier molecular flexibility index (Phi) is 5.21. The van der Waals surface area contributed by atoms with E-state index in [9.17, 15) is 8.78 Å². The molecule has 2 aromatic rings. The molecule has 2 aromatic carbocycles. The van der Waals surface area contributed by atoms with E-state index in [2.05, 4.69) is 5.32 Å². The third kappa shape index (κ3) is 4.56. The minimum absolute atomic E-state index is 0.359. The second-order valence-electron chi connectivity index (χ2n) is 4.07. The normalized spacial score (nSPS) is 10.4. The number of halogens is 2. The van der Waals surface area contributed by atoms with Crippen molar-refractivity contribution in [1.29, 1.82) is 0 Å². The first kappa shape index (κ1) is 13.9. The van der Waals surface area contributed by atoms with Gasteiger partial charge in [-0.05, 0) is 42.5 Å². The number of rotatable bonds is 6. The van der Waals surface area contributed by atoms with Crippen molar-refractivity contribution in [2.75, 3.05) is 17.6 Å². The van der Waals surface area contributed by atoms with E-state index in [4.69, 9.17) is 0 Å². The number of nitrogens with one attached hydrogen (secondary N) is 1. The van der Waals surface area contributed by atoms with Gasteiger partial charge >= 0.3 is 0 Å². The highest BCUT2D eigenvalue weighted by Crippen LogP contribution is 2.23. The lowest BCUT2D eigenvalue weighted by Crippen LogP contribution is -2.02. The maximum Gasteiger partial charge on any atom is 0.136 e. The summed E-state index contributed by atoms with van der Waals surface area (Å²) >= 11 is 1.34. The molecule has 2 rings (SSSR count). The zero-order valence-electron chi connectivity index (χ0n) is 10.4. The van der Waals surface area contributed by atoms with E-state index in [1.165, 1.54) is 23.9 Å². The van der Waals surface area contributed by atoms with Crippen molar-refractivity contribution < 1.29 is 8.78 Å². The molecule has 1 N–H and O–H groups in total. The quantitative estimate of drug-likeness (QED) is 0.614. The van der Waals surface area contributed by atoms with Crippen LogP contribution in [-0.2, 0) is 0 Å². The van der Waals surface area contributed by atoms with Crippen LogP contribution in [0.4, 0.5) is 14.5 Å². The molecule has 19 heavy (non-hydrogen) atoms. The molecule has 0 aliphatic rings. The maximum atomic E-state index is 13.3. The molecule has 0 fully saturated rings. The van der Waals surface area contributed by atoms with Crippen LogP contribution in [0.3, 0.4) is 0 Å². The average Bonchev–Trinajstić information content (AvgIpc) is 2.43. The van der Waals surface area contributed by atoms with Crippen LogP contribution in [0.25, 0.3) is 0 Å². The zero-order valence-corrected chi connectivity index (χ0v) is 11.2. The van der Waals surface area contributed by atoms with Crippen LogP contribution in [0.1, 0.15) is 6.42 Å². The molecule has 0 saturated carbocycles. The average molecular weight is 279 g/mol. The second-order valence-corrected chi connectivity index (χ2v) is 5.21. The van der Waals surface area contributed by atoms with Gasteiger partial charge in [0.05, 0.1) is 0 Å². The Hall–Kier alpha value is -1.55. The zero-order chi connectivity index (χ0) is 13.5. The molecule has 0 amide bonds. The third-order valence-corrected chi connectivity index (χ3v) is 3.69. The van der Waals surface area contributed by atoms with Gasteiger partial charge in [0.2, 0.25) is 0 Å². The predicted octanol–water partition coefficient (Wildman–Crippen LogP) is 4.56. The van der Waals surface area contributed by atoms with Crippen LogP contribution >= 0.6 is 11.8 Å². The maximum absolute atomic E-state index is 13.3. The fraction of sp³-hybridized carbons (Fsp3) is 0.200. The van der Waals surface area contributed by atoms with Crippen LogP contribution in [-0.4, -0.2) is 12.3 Å². The highest BCUT2D eigenvalue weighted by Gasteiger charge is 2.03. The van der Waals surface area contributed by atoms with Crippen LogP contribution in [0, 0.1) is 11.6 Å². The number of anilines is 1. The summed E-state index contributed by atoms with van der Waals surface area (Å²) in [5, 5.41) is 3.28. The lowest BCUT2D eigenvalue weighted by atomic mass is 10.3. The second kappa shape index (κ2) is 7.14. The number of hydrogen-bond donors (Lipinski definition) is 1. The monoisotopic (exact) mass is 279 g/mol. The molecular formula is C15H15F2NS. The van der Waals surface area contributed by atoms with Crippen LogP contribution in [0.2, 0.25) is 0 Å². The van der Waals surface area contributed by atoms with Gasteiger partial charge < -0.3 is 5.32 Å². The molecule has 0 atom stereocenters. The number of para-hydroxylation sites is 1. The highest BCUT2D eigenvalue weighted by atomic mass is 32.2. The van der Waals surface area contributed by atoms with Crippen molar-refractivity contribution in [2.45, 2.75) is 11.3 Å². The summed E-state index contributed by atoms with van der Waals surface area (Å²) in [5.74, 6) is -0.00560. The predicted molar refractivity (Wildman–Crippen MR) is 76.6 cm³/mol. The van der Waals surface area contributed by atoms with Gasteiger partial charge in [-0.2, -0.15) is 0 Å². The van der Waals surface area contributed by atoms with Crippen molar-refractivity contribution >= 4 is 17.4 Å². The molecule has 0 heterocycles. The van der Waals surface area contributed by atoms with E-state index < -0.39 is 5.82 Å². The summed E-state index contributed by atoms with van der Waals surface area (Å²) < 4.78 is 26.3. The Balaban J connectivity index is 1.71. The minimum atomic E-state index is -0.397. The van der Waals surface area contributed by atoms with Crippen molar-refractivity contribution in [3.8, 4) is 0 Å². The molecule has 0 radical (unpaired) electrons. The molecule has 1 nitrogen and oxygen atoms in total. The molecule has 0 bridgehead atoms. The Labute approximate surface area is 116 Å². The highest BCUT2D eigenvalue weighted by molar-refractivity contribution is 7.99. The van der Waals surface area contributed by atoms with Crippen molar-refractivity contribution in [3.05, 3.63) is 60.2 Å². The van der Waals surface area contributed by atoms with E-state index in [1.54, 1.807) is 0 Å². The standard InChI is InChI=1S/C15H15F2NS/c16-12-7-8-14(17)15(11-12)19-10-4-9-18-13-5-2-1-3-6-13/h1-3,5-8,11,18H,4,9-10H2. The Morgan fingerprint density at radius 2 is 1.79 bits per heavy atom. The smallest absolute Gasteiger partial charge is 0.136 e. The SMILES string of the molecule is Fc1ccc(F)c(SCCCNc2ccccc2)c1. The van der Waals surface area contributed by atoms with Gasteiger partial charge in [-0.1, -0.05) is 18.2 Å². The molecule has 4 heteroatoms. The Bertz CT molecular complexity index is 517. The molecule has 0 aliphatic heterocycles. The lowest BCUT2D eigenvalue weighted by molar-refractivity contribution is 0.577. The summed E-state index contributed by atoms with van der Waals surface area (Å²) in [5.41, 5.74) is 1.07. The molecule has 0 saturated heterocycles. The van der Waals surface area contributed by atoms with Gasteiger partial charge in [-0.3, -0.25) is 0 Å². The van der Waals surface area contributed by atoms with Crippen molar-refractivity contribution in [3.63, 3.8) is 0 Å². The van der Waals surface area contributed by atoms with E-state index in [0.29, 0.717) is 4.90 Å². The molecule has 0 unspecified atom stereocenters. The first-order valence-electron chi connectivity index (χ1n) is 6.12. The van der Waals surface area contributed by atoms with Gasteiger partial charge in [0, 0.05) is 17.1 Å². The first-order chi connectivity index (χ1) is 9.25. The van der Waals surface area contributed by atoms with Gasteiger partial charge in [0.25, 0.3) is 0 Å². The van der Waals surface area contributed by atoms with Gasteiger partial charge in [-0.25, -0.2) is 8.78 Å². The Morgan fingerprint density at radius 3 is 2.58 bits per heavy atom. The summed E-state index contributed by atoms with van der Waals surface area (Å²) in [6.45, 7) is 0.813. The molecule has 0 aliphatic carbocycles. The largest absolute Gasteiger partial charge is 0.385 e. The van der Waals surface area contributed by atoms with Crippen molar-refractivity contribution in [1.82, 2.24) is 0 Å². The summed E-state index contributed by atoms with van der Waals surface area (Å²) in [4.78, 5) is 0.375. The van der Waals surface area contributed by atoms with Crippen LogP contribution in [0.5, 0.6) is 0 Å². The molecule has 100 valence electrons. The Morgan fingerprint density at radius 1 is 1.00 bits per heavy atom. The summed E-state index contributed by atoms with van der Waals surface area (Å²) in [6, 6.07) is 13.5. The van der Waals surface area contributed by atoms with E-state index in [1.807, 2.05) is 30.3 Å². The minimum Gasteiger partial charge on any atom is -0.385 e. The molecular weight excluding hydrogens is 264 g/mol. The van der Waals surface area contributed by atoms with Gasteiger partial charge in [-0.15, -0.1) is 11.8 Å². The van der Waals surface area contributed by atoms with E-state index in [0.717, 1.165) is 30.5 Å². The number of hydrogen-bond acceptors (Lipinski definition) is 2. The van der Waals surface area contributed by atoms with Gasteiger partial charge in [0.1, 0.15) is 11.6 Å². The number of benzene rings is 2.